The Morgan fingerprint density at radius 3 is 1.15 bits per heavy atom. The topological polar surface area (TPSA) is 22.8 Å². The fourth-order valence-electron chi connectivity index (χ4n) is 11.1. The van der Waals surface area contributed by atoms with Crippen molar-refractivity contribution in [3.8, 4) is 11.4 Å². The Kier molecular flexibility index (Phi) is 8.04. The number of benzene rings is 9. The van der Waals surface area contributed by atoms with E-state index in [1.807, 2.05) is 35.1 Å². The Hall–Kier alpha value is -7.61. The molecule has 0 aliphatic carbocycles. The van der Waals surface area contributed by atoms with Crippen LogP contribution in [0.3, 0.4) is 0 Å². The van der Waals surface area contributed by atoms with Gasteiger partial charge >= 0.3 is 0 Å². The number of rotatable bonds is 6. The summed E-state index contributed by atoms with van der Waals surface area (Å²) in [5, 5.41) is 15.7. The lowest BCUT2D eigenvalue weighted by molar-refractivity contribution is 1.18. The minimum Gasteiger partial charge on any atom is -0.308 e. The van der Waals surface area contributed by atoms with Gasteiger partial charge in [0.2, 0.25) is 0 Å². The summed E-state index contributed by atoms with van der Waals surface area (Å²) >= 11 is 3.91. The number of aromatic nitrogens is 3. The molecular formula is C59H37N3S2Si. The van der Waals surface area contributed by atoms with Crippen LogP contribution >= 0.6 is 22.7 Å². The Labute approximate surface area is 383 Å². The smallest absolute Gasteiger partial charge is 0.182 e. The Balaban J connectivity index is 1.10. The van der Waals surface area contributed by atoms with E-state index in [1.165, 1.54) is 111 Å². The Bertz CT molecular complexity index is 3820. The average Bonchev–Trinajstić information content (AvgIpc) is 4.14. The first-order valence-corrected chi connectivity index (χ1v) is 25.7. The van der Waals surface area contributed by atoms with E-state index in [2.05, 4.69) is 226 Å². The maximum Gasteiger partial charge on any atom is 0.182 e. The summed E-state index contributed by atoms with van der Waals surface area (Å²) in [5.74, 6) is 0. The van der Waals surface area contributed by atoms with E-state index in [0.717, 1.165) is 5.52 Å². The highest BCUT2D eigenvalue weighted by atomic mass is 32.1. The van der Waals surface area contributed by atoms with Crippen LogP contribution in [0.4, 0.5) is 0 Å². The van der Waals surface area contributed by atoms with Crippen molar-refractivity contribution < 1.29 is 0 Å². The van der Waals surface area contributed by atoms with Crippen molar-refractivity contribution in [1.29, 1.82) is 0 Å². The minimum absolute atomic E-state index is 1.12. The molecule has 0 unspecified atom stereocenters. The van der Waals surface area contributed by atoms with Crippen molar-refractivity contribution in [2.75, 3.05) is 0 Å². The summed E-state index contributed by atoms with van der Waals surface area (Å²) in [6.07, 6.45) is 3.93. The summed E-state index contributed by atoms with van der Waals surface area (Å²) in [4.78, 5) is 4.64. The van der Waals surface area contributed by atoms with Gasteiger partial charge in [0.1, 0.15) is 0 Å². The molecule has 0 aliphatic heterocycles. The summed E-state index contributed by atoms with van der Waals surface area (Å²) < 4.78 is 10.2. The van der Waals surface area contributed by atoms with Crippen molar-refractivity contribution in [3.63, 3.8) is 0 Å². The number of fused-ring (bicyclic) bond motifs is 12. The molecule has 65 heavy (non-hydrogen) atoms. The first-order valence-electron chi connectivity index (χ1n) is 22.1. The standard InChI is InChI=1S/C59H37N3S2Si/c1-3-17-38(18-4-1)65(39-19-5-2-6-20-39,54-33-15-26-46-44-24-13-31-51(56(44)63-58(46)54)61-48-28-10-7-21-40(48)41-22-8-11-29-49(41)61)55-34-16-27-47-45-25-14-32-52(57(45)64-59(47)55)62-50-30-12-9-23-42(50)43-35-36-60-37-53(43)62/h1-37H. The first-order chi connectivity index (χ1) is 32.3. The zero-order chi connectivity index (χ0) is 42.6. The Morgan fingerprint density at radius 1 is 0.308 bits per heavy atom. The van der Waals surface area contributed by atoms with E-state index in [-0.39, 0.29) is 0 Å². The third-order valence-electron chi connectivity index (χ3n) is 13.8. The average molecular weight is 880 g/mol. The largest absolute Gasteiger partial charge is 0.308 e. The number of para-hydroxylation sites is 3. The SMILES string of the molecule is c1ccc([Si](c2ccccc2)(c2cccc3c2sc2c(-n4c5ccccc5c5ccccc54)cccc23)c2cccc3c2sc2c(-n4c5ccccc5c5ccncc54)cccc23)cc1. The van der Waals surface area contributed by atoms with E-state index in [9.17, 15) is 0 Å². The summed E-state index contributed by atoms with van der Waals surface area (Å²) in [5.41, 5.74) is 7.17. The molecule has 6 heteroatoms. The molecule has 0 saturated carbocycles. The van der Waals surface area contributed by atoms with Gasteiger partial charge in [-0.05, 0) is 57.1 Å². The van der Waals surface area contributed by atoms with Gasteiger partial charge in [-0.1, -0.05) is 176 Å². The molecule has 0 bridgehead atoms. The lowest BCUT2D eigenvalue weighted by Crippen LogP contribution is -2.74. The van der Waals surface area contributed by atoms with Gasteiger partial charge in [0.05, 0.1) is 49.0 Å². The van der Waals surface area contributed by atoms with Crippen molar-refractivity contribution in [3.05, 3.63) is 225 Å². The molecule has 0 aliphatic rings. The number of thiophene rings is 2. The van der Waals surface area contributed by atoms with Crippen molar-refractivity contribution >= 4 is 135 Å². The first kappa shape index (κ1) is 36.8. The highest BCUT2D eigenvalue weighted by molar-refractivity contribution is 7.34. The van der Waals surface area contributed by atoms with Crippen LogP contribution in [0.1, 0.15) is 0 Å². The molecular weight excluding hydrogens is 843 g/mol. The molecule has 0 spiro atoms. The van der Waals surface area contributed by atoms with Crippen LogP contribution in [0.25, 0.3) is 95.3 Å². The van der Waals surface area contributed by atoms with Crippen LogP contribution in [-0.2, 0) is 0 Å². The fraction of sp³-hybridized carbons (Fsp3) is 0. The summed E-state index contributed by atoms with van der Waals surface area (Å²) in [6.45, 7) is 0. The van der Waals surface area contributed by atoms with Crippen LogP contribution in [0.2, 0.25) is 0 Å². The summed E-state index contributed by atoms with van der Waals surface area (Å²) in [6, 6.07) is 79.5. The van der Waals surface area contributed by atoms with Crippen LogP contribution in [0, 0.1) is 0 Å². The molecule has 3 nitrogen and oxygen atoms in total. The molecule has 0 amide bonds. The quantitative estimate of drug-likeness (QED) is 0.121. The molecule has 9 aromatic carbocycles. The third-order valence-corrected chi connectivity index (χ3v) is 21.5. The molecule has 0 saturated heterocycles. The van der Waals surface area contributed by atoms with Crippen molar-refractivity contribution in [2.24, 2.45) is 0 Å². The van der Waals surface area contributed by atoms with Crippen LogP contribution in [-0.4, -0.2) is 22.2 Å². The zero-order valence-electron chi connectivity index (χ0n) is 35.0. The van der Waals surface area contributed by atoms with Crippen LogP contribution < -0.4 is 20.7 Å². The van der Waals surface area contributed by atoms with Gasteiger partial charge in [0, 0.05) is 58.7 Å². The number of pyridine rings is 1. The molecule has 14 aromatic rings. The van der Waals surface area contributed by atoms with Gasteiger partial charge in [-0.15, -0.1) is 22.7 Å². The molecule has 5 aromatic heterocycles. The number of hydrogen-bond acceptors (Lipinski definition) is 3. The van der Waals surface area contributed by atoms with Gasteiger partial charge < -0.3 is 9.13 Å². The highest BCUT2D eigenvalue weighted by Crippen LogP contribution is 2.43. The van der Waals surface area contributed by atoms with Gasteiger partial charge in [-0.3, -0.25) is 4.98 Å². The summed E-state index contributed by atoms with van der Waals surface area (Å²) in [7, 11) is -3.10. The Morgan fingerprint density at radius 2 is 0.677 bits per heavy atom. The normalized spacial score (nSPS) is 12.3. The maximum atomic E-state index is 4.64. The lowest BCUT2D eigenvalue weighted by Gasteiger charge is -2.35. The van der Waals surface area contributed by atoms with E-state index in [4.69, 9.17) is 0 Å². The number of hydrogen-bond donors (Lipinski definition) is 0. The van der Waals surface area contributed by atoms with E-state index in [1.54, 1.807) is 0 Å². The van der Waals surface area contributed by atoms with Gasteiger partial charge in [0.25, 0.3) is 0 Å². The molecule has 14 rings (SSSR count). The second-order valence-electron chi connectivity index (χ2n) is 17.0. The van der Waals surface area contributed by atoms with E-state index >= 15 is 0 Å². The lowest BCUT2D eigenvalue weighted by atomic mass is 10.1. The van der Waals surface area contributed by atoms with Crippen molar-refractivity contribution in [2.45, 2.75) is 0 Å². The van der Waals surface area contributed by atoms with Crippen LogP contribution in [0.5, 0.6) is 0 Å². The molecule has 0 fully saturated rings. The van der Waals surface area contributed by atoms with Crippen molar-refractivity contribution in [1.82, 2.24) is 14.1 Å². The van der Waals surface area contributed by atoms with Gasteiger partial charge in [-0.25, -0.2) is 0 Å². The zero-order valence-corrected chi connectivity index (χ0v) is 37.7. The molecule has 0 atom stereocenters. The van der Waals surface area contributed by atoms with Gasteiger partial charge in [-0.2, -0.15) is 0 Å². The predicted molar refractivity (Wildman–Crippen MR) is 282 cm³/mol. The molecule has 304 valence electrons. The minimum atomic E-state index is -3.10. The maximum absolute atomic E-state index is 4.64. The fourth-order valence-corrected chi connectivity index (χ4v) is 19.7. The second kappa shape index (κ2) is 14.2. The molecule has 0 radical (unpaired) electrons. The molecule has 5 heterocycles. The second-order valence-corrected chi connectivity index (χ2v) is 22.7. The predicted octanol–water partition coefficient (Wildman–Crippen LogP) is 13.4. The third kappa shape index (κ3) is 5.13. The number of nitrogens with zero attached hydrogens (tertiary/aromatic N) is 3. The van der Waals surface area contributed by atoms with E-state index in [0.29, 0.717) is 0 Å². The monoisotopic (exact) mass is 879 g/mol. The van der Waals surface area contributed by atoms with Crippen LogP contribution in [0.15, 0.2) is 225 Å². The van der Waals surface area contributed by atoms with Gasteiger partial charge in [0.15, 0.2) is 8.07 Å². The molecule has 0 N–H and O–H groups in total. The van der Waals surface area contributed by atoms with E-state index < -0.39 is 8.07 Å². The highest BCUT2D eigenvalue weighted by Gasteiger charge is 2.44.